The highest BCUT2D eigenvalue weighted by molar-refractivity contribution is 5.01. The largest absolute Gasteiger partial charge is 0.334 e. The molecule has 1 aliphatic rings. The molecule has 1 unspecified atom stereocenters. The lowest BCUT2D eigenvalue weighted by molar-refractivity contribution is 0.399. The fourth-order valence-corrected chi connectivity index (χ4v) is 1.54. The quantitative estimate of drug-likeness (QED) is 0.528. The molecule has 2 rings (SSSR count). The van der Waals surface area contributed by atoms with Gasteiger partial charge in [0, 0.05) is 18.4 Å². The molecule has 1 aromatic heterocycles. The van der Waals surface area contributed by atoms with E-state index in [4.69, 9.17) is 0 Å². The van der Waals surface area contributed by atoms with Crippen LogP contribution in [0.2, 0.25) is 0 Å². The van der Waals surface area contributed by atoms with E-state index in [1.807, 2.05) is 12.5 Å². The smallest absolute Gasteiger partial charge is 0.0948 e. The summed E-state index contributed by atoms with van der Waals surface area (Å²) in [5.41, 5.74) is 1.40. The first kappa shape index (κ1) is 5.96. The van der Waals surface area contributed by atoms with E-state index in [2.05, 4.69) is 16.5 Å². The number of aryl methyl sites for hydroxylation is 1. The Morgan fingerprint density at radius 1 is 1.70 bits per heavy atom. The number of nitrogens with zero attached hydrogens (tertiary/aromatic N) is 2. The zero-order valence-electron chi connectivity index (χ0n) is 6.25. The lowest BCUT2D eigenvalue weighted by Crippen LogP contribution is -2.16. The third-order valence-electron chi connectivity index (χ3n) is 2.20. The Balaban J connectivity index is 2.30. The van der Waals surface area contributed by atoms with E-state index in [-0.39, 0.29) is 0 Å². The van der Waals surface area contributed by atoms with E-state index in [1.54, 1.807) is 0 Å². The molecule has 0 aliphatic carbocycles. The molecule has 0 amide bonds. The van der Waals surface area contributed by atoms with Gasteiger partial charge in [-0.15, -0.1) is 0 Å². The molecule has 0 fully saturated rings. The van der Waals surface area contributed by atoms with Crippen molar-refractivity contribution < 1.29 is 0 Å². The van der Waals surface area contributed by atoms with Crippen LogP contribution in [0.4, 0.5) is 0 Å². The fourth-order valence-electron chi connectivity index (χ4n) is 1.54. The van der Waals surface area contributed by atoms with Crippen LogP contribution in [0.15, 0.2) is 12.5 Å². The summed E-state index contributed by atoms with van der Waals surface area (Å²) >= 11 is 0. The molecule has 0 saturated heterocycles. The van der Waals surface area contributed by atoms with Crippen molar-refractivity contribution in [1.82, 2.24) is 9.55 Å². The minimum atomic E-state index is 0.835. The van der Waals surface area contributed by atoms with Crippen LogP contribution in [0.25, 0.3) is 0 Å². The molecule has 2 heterocycles. The van der Waals surface area contributed by atoms with Crippen LogP contribution in [-0.4, -0.2) is 9.55 Å². The van der Waals surface area contributed by atoms with Gasteiger partial charge in [-0.25, -0.2) is 4.98 Å². The summed E-state index contributed by atoms with van der Waals surface area (Å²) in [4.78, 5) is 4.10. The molecule has 1 aromatic rings. The summed E-state index contributed by atoms with van der Waals surface area (Å²) < 4.78 is 2.26. The average Bonchev–Trinajstić information content (AvgIpc) is 2.33. The topological polar surface area (TPSA) is 17.8 Å². The highest BCUT2D eigenvalue weighted by Crippen LogP contribution is 2.17. The van der Waals surface area contributed by atoms with Crippen LogP contribution in [0.3, 0.4) is 0 Å². The maximum absolute atomic E-state index is 4.10. The van der Waals surface area contributed by atoms with Gasteiger partial charge in [-0.05, 0) is 18.8 Å². The maximum Gasteiger partial charge on any atom is 0.0948 e. The first-order valence-corrected chi connectivity index (χ1v) is 3.85. The third-order valence-corrected chi connectivity index (χ3v) is 2.20. The molecule has 0 N–H and O–H groups in total. The van der Waals surface area contributed by atoms with Crippen molar-refractivity contribution in [3.05, 3.63) is 18.2 Å². The van der Waals surface area contributed by atoms with E-state index in [9.17, 15) is 0 Å². The molecule has 0 aromatic carbocycles. The Kier molecular flexibility index (Phi) is 1.26. The second-order valence-electron chi connectivity index (χ2n) is 3.18. The van der Waals surface area contributed by atoms with E-state index >= 15 is 0 Å². The van der Waals surface area contributed by atoms with E-state index < -0.39 is 0 Å². The number of imidazole rings is 1. The third kappa shape index (κ3) is 0.838. The van der Waals surface area contributed by atoms with Gasteiger partial charge >= 0.3 is 0 Å². The minimum absolute atomic E-state index is 0.835. The van der Waals surface area contributed by atoms with Crippen LogP contribution in [0.1, 0.15) is 19.0 Å². The van der Waals surface area contributed by atoms with Crippen molar-refractivity contribution >= 4 is 0 Å². The SMILES string of the molecule is CC1CCc2cncn2C1. The van der Waals surface area contributed by atoms with Gasteiger partial charge in [0.25, 0.3) is 0 Å². The number of aromatic nitrogens is 2. The van der Waals surface area contributed by atoms with Gasteiger partial charge in [-0.3, -0.25) is 0 Å². The molecule has 54 valence electrons. The summed E-state index contributed by atoms with van der Waals surface area (Å²) in [6, 6.07) is 0. The first-order valence-electron chi connectivity index (χ1n) is 3.85. The molecule has 0 bridgehead atoms. The van der Waals surface area contributed by atoms with Crippen LogP contribution in [-0.2, 0) is 13.0 Å². The summed E-state index contributed by atoms with van der Waals surface area (Å²) in [7, 11) is 0. The summed E-state index contributed by atoms with van der Waals surface area (Å²) in [6.07, 6.45) is 6.45. The predicted molar refractivity (Wildman–Crippen MR) is 39.7 cm³/mol. The van der Waals surface area contributed by atoms with Gasteiger partial charge < -0.3 is 4.57 Å². The molecule has 0 saturated carbocycles. The first-order chi connectivity index (χ1) is 4.86. The molecule has 10 heavy (non-hydrogen) atoms. The highest BCUT2D eigenvalue weighted by atomic mass is 15.1. The van der Waals surface area contributed by atoms with Crippen molar-refractivity contribution in [3.8, 4) is 0 Å². The fraction of sp³-hybridized carbons (Fsp3) is 0.625. The Hall–Kier alpha value is -0.790. The van der Waals surface area contributed by atoms with Crippen LogP contribution >= 0.6 is 0 Å². The highest BCUT2D eigenvalue weighted by Gasteiger charge is 2.13. The van der Waals surface area contributed by atoms with E-state index in [0.717, 1.165) is 12.5 Å². The zero-order chi connectivity index (χ0) is 6.97. The van der Waals surface area contributed by atoms with Crippen molar-refractivity contribution in [2.24, 2.45) is 5.92 Å². The average molecular weight is 136 g/mol. The Morgan fingerprint density at radius 2 is 2.60 bits per heavy atom. The molecule has 2 heteroatoms. The standard InChI is InChI=1S/C8H12N2/c1-7-2-3-8-4-9-6-10(8)5-7/h4,6-7H,2-3,5H2,1H3. The van der Waals surface area contributed by atoms with Crippen molar-refractivity contribution in [1.29, 1.82) is 0 Å². The van der Waals surface area contributed by atoms with Gasteiger partial charge in [0.05, 0.1) is 6.33 Å². The molecule has 2 nitrogen and oxygen atoms in total. The van der Waals surface area contributed by atoms with Crippen LogP contribution < -0.4 is 0 Å². The zero-order valence-corrected chi connectivity index (χ0v) is 6.25. The monoisotopic (exact) mass is 136 g/mol. The van der Waals surface area contributed by atoms with Gasteiger partial charge in [0.2, 0.25) is 0 Å². The normalized spacial score (nSPS) is 24.3. The Bertz CT molecular complexity index is 227. The number of hydrogen-bond acceptors (Lipinski definition) is 1. The molecular weight excluding hydrogens is 124 g/mol. The molecule has 1 atom stereocenters. The summed E-state index contributed by atoms with van der Waals surface area (Å²) in [6.45, 7) is 3.46. The summed E-state index contributed by atoms with van der Waals surface area (Å²) in [5, 5.41) is 0. The van der Waals surface area contributed by atoms with Crippen LogP contribution in [0.5, 0.6) is 0 Å². The number of fused-ring (bicyclic) bond motifs is 1. The lowest BCUT2D eigenvalue weighted by atomic mass is 10.0. The molecular formula is C8H12N2. The maximum atomic E-state index is 4.10. The number of rotatable bonds is 0. The van der Waals surface area contributed by atoms with Crippen molar-refractivity contribution in [3.63, 3.8) is 0 Å². The predicted octanol–water partition coefficient (Wildman–Crippen LogP) is 1.47. The van der Waals surface area contributed by atoms with Gasteiger partial charge in [0.15, 0.2) is 0 Å². The van der Waals surface area contributed by atoms with Crippen molar-refractivity contribution in [2.75, 3.05) is 0 Å². The second kappa shape index (κ2) is 2.11. The molecule has 0 radical (unpaired) electrons. The lowest BCUT2D eigenvalue weighted by Gasteiger charge is -2.19. The van der Waals surface area contributed by atoms with Gasteiger partial charge in [0.1, 0.15) is 0 Å². The van der Waals surface area contributed by atoms with Crippen LogP contribution in [0, 0.1) is 5.92 Å². The number of hydrogen-bond donors (Lipinski definition) is 0. The minimum Gasteiger partial charge on any atom is -0.334 e. The van der Waals surface area contributed by atoms with E-state index in [0.29, 0.717) is 0 Å². The molecule has 0 spiro atoms. The Morgan fingerprint density at radius 3 is 3.50 bits per heavy atom. The van der Waals surface area contributed by atoms with Gasteiger partial charge in [-0.2, -0.15) is 0 Å². The van der Waals surface area contributed by atoms with E-state index in [1.165, 1.54) is 18.5 Å². The molecule has 1 aliphatic heterocycles. The van der Waals surface area contributed by atoms with Gasteiger partial charge in [-0.1, -0.05) is 6.92 Å². The summed E-state index contributed by atoms with van der Waals surface area (Å²) in [5.74, 6) is 0.835. The van der Waals surface area contributed by atoms with Crippen molar-refractivity contribution in [2.45, 2.75) is 26.3 Å². The Labute approximate surface area is 60.9 Å². The second-order valence-corrected chi connectivity index (χ2v) is 3.18.